The van der Waals surface area contributed by atoms with E-state index in [-0.39, 0.29) is 30.1 Å². The Bertz CT molecular complexity index is 725. The number of guanidine groups is 1. The van der Waals surface area contributed by atoms with Gasteiger partial charge in [-0.2, -0.15) is 0 Å². The molecule has 0 spiro atoms. The van der Waals surface area contributed by atoms with Gasteiger partial charge in [0.25, 0.3) is 0 Å². The molecule has 5 nitrogen and oxygen atoms in total. The molecule has 2 heterocycles. The summed E-state index contributed by atoms with van der Waals surface area (Å²) in [5.74, 6) is 2.38. The zero-order chi connectivity index (χ0) is 19.6. The predicted molar refractivity (Wildman–Crippen MR) is 135 cm³/mol. The van der Waals surface area contributed by atoms with Crippen molar-refractivity contribution in [2.45, 2.75) is 36.6 Å². The number of nitrogens with one attached hydrogen (secondary N) is 2. The maximum absolute atomic E-state index is 6.12. The Labute approximate surface area is 199 Å². The van der Waals surface area contributed by atoms with Gasteiger partial charge in [0.05, 0.1) is 6.10 Å². The molecular weight excluding hydrogens is 515 g/mol. The number of thioether (sulfide) groups is 1. The quantitative estimate of drug-likeness (QED) is 0.163. The van der Waals surface area contributed by atoms with Crippen molar-refractivity contribution in [1.29, 1.82) is 0 Å². The molecule has 1 aromatic heterocycles. The van der Waals surface area contributed by atoms with Gasteiger partial charge in [-0.25, -0.2) is 4.98 Å². The zero-order valence-electron chi connectivity index (χ0n) is 17.1. The van der Waals surface area contributed by atoms with Crippen molar-refractivity contribution in [3.05, 3.63) is 47.0 Å². The van der Waals surface area contributed by atoms with Crippen LogP contribution in [0.1, 0.15) is 36.5 Å². The first kappa shape index (κ1) is 24.4. The SMILES string of the molecule is CN=C(NCCCSc1nccs1)NCC1CCCOC1c1ccc(C)cc1.I. The normalized spacial score (nSPS) is 19.4. The lowest BCUT2D eigenvalue weighted by Gasteiger charge is -2.32. The number of hydrogen-bond donors (Lipinski definition) is 2. The molecule has 1 aromatic carbocycles. The van der Waals surface area contributed by atoms with Gasteiger partial charge in [0.1, 0.15) is 4.34 Å². The molecule has 0 amide bonds. The molecule has 2 N–H and O–H groups in total. The molecule has 2 atom stereocenters. The predicted octanol–water partition coefficient (Wildman–Crippen LogP) is 4.88. The number of thiazole rings is 1. The van der Waals surface area contributed by atoms with Gasteiger partial charge in [0, 0.05) is 50.0 Å². The largest absolute Gasteiger partial charge is 0.373 e. The summed E-state index contributed by atoms with van der Waals surface area (Å²) in [6.45, 7) is 4.74. The van der Waals surface area contributed by atoms with Gasteiger partial charge in [0.15, 0.2) is 5.96 Å². The monoisotopic (exact) mass is 546 g/mol. The number of halogens is 1. The molecule has 1 fully saturated rings. The molecule has 0 radical (unpaired) electrons. The van der Waals surface area contributed by atoms with Crippen molar-refractivity contribution >= 4 is 53.0 Å². The molecular formula is C21H31IN4OS2. The molecule has 1 aliphatic rings. The Kier molecular flexibility index (Phi) is 11.3. The Balaban J connectivity index is 0.00000300. The Morgan fingerprint density at radius 3 is 2.86 bits per heavy atom. The molecule has 0 aliphatic carbocycles. The van der Waals surface area contributed by atoms with E-state index in [1.54, 1.807) is 11.3 Å². The molecule has 160 valence electrons. The van der Waals surface area contributed by atoms with Crippen LogP contribution in [-0.2, 0) is 4.74 Å². The minimum Gasteiger partial charge on any atom is -0.373 e. The first-order valence-electron chi connectivity index (χ1n) is 9.91. The van der Waals surface area contributed by atoms with Gasteiger partial charge in [-0.1, -0.05) is 41.6 Å². The topological polar surface area (TPSA) is 58.5 Å². The maximum Gasteiger partial charge on any atom is 0.190 e. The average molecular weight is 547 g/mol. The van der Waals surface area contributed by atoms with Crippen LogP contribution in [0.2, 0.25) is 0 Å². The third-order valence-corrected chi connectivity index (χ3v) is 6.91. The lowest BCUT2D eigenvalue weighted by molar-refractivity contribution is -0.0265. The number of aromatic nitrogens is 1. The van der Waals surface area contributed by atoms with Crippen LogP contribution in [-0.4, -0.2) is 43.4 Å². The molecule has 0 saturated carbocycles. The van der Waals surface area contributed by atoms with E-state index >= 15 is 0 Å². The van der Waals surface area contributed by atoms with Crippen LogP contribution < -0.4 is 10.6 Å². The molecule has 2 aromatic rings. The first-order valence-corrected chi connectivity index (χ1v) is 11.8. The number of aliphatic imine (C=N–C) groups is 1. The summed E-state index contributed by atoms with van der Waals surface area (Å²) in [7, 11) is 1.83. The van der Waals surface area contributed by atoms with E-state index in [9.17, 15) is 0 Å². The molecule has 1 saturated heterocycles. The van der Waals surface area contributed by atoms with Crippen molar-refractivity contribution < 1.29 is 4.74 Å². The van der Waals surface area contributed by atoms with E-state index in [0.29, 0.717) is 5.92 Å². The Morgan fingerprint density at radius 1 is 1.31 bits per heavy atom. The Hall–Kier alpha value is -0.840. The fourth-order valence-corrected chi connectivity index (χ4v) is 4.99. The smallest absolute Gasteiger partial charge is 0.190 e. The summed E-state index contributed by atoms with van der Waals surface area (Å²) >= 11 is 3.51. The third kappa shape index (κ3) is 8.07. The van der Waals surface area contributed by atoms with Crippen LogP contribution in [0.4, 0.5) is 0 Å². The summed E-state index contributed by atoms with van der Waals surface area (Å²) < 4.78 is 7.26. The highest BCUT2D eigenvalue weighted by Crippen LogP contribution is 2.33. The van der Waals surface area contributed by atoms with Gasteiger partial charge in [-0.15, -0.1) is 35.3 Å². The van der Waals surface area contributed by atoms with Gasteiger partial charge in [-0.3, -0.25) is 4.99 Å². The van der Waals surface area contributed by atoms with E-state index in [2.05, 4.69) is 51.8 Å². The second-order valence-electron chi connectivity index (χ2n) is 6.98. The van der Waals surface area contributed by atoms with Gasteiger partial charge >= 0.3 is 0 Å². The highest BCUT2D eigenvalue weighted by atomic mass is 127. The molecule has 29 heavy (non-hydrogen) atoms. The van der Waals surface area contributed by atoms with Crippen molar-refractivity contribution in [3.63, 3.8) is 0 Å². The first-order chi connectivity index (χ1) is 13.8. The van der Waals surface area contributed by atoms with Crippen LogP contribution >= 0.6 is 47.1 Å². The second kappa shape index (κ2) is 13.5. The fraction of sp³-hybridized carbons (Fsp3) is 0.524. The van der Waals surface area contributed by atoms with Crippen LogP contribution in [0.5, 0.6) is 0 Å². The Morgan fingerprint density at radius 2 is 2.14 bits per heavy atom. The van der Waals surface area contributed by atoms with Gasteiger partial charge in [-0.05, 0) is 31.7 Å². The molecule has 8 heteroatoms. The molecule has 3 rings (SSSR count). The number of rotatable bonds is 8. The van der Waals surface area contributed by atoms with Crippen molar-refractivity contribution in [2.75, 3.05) is 32.5 Å². The van der Waals surface area contributed by atoms with E-state index in [1.165, 1.54) is 17.5 Å². The summed E-state index contributed by atoms with van der Waals surface area (Å²) in [5, 5.41) is 8.93. The van der Waals surface area contributed by atoms with Crippen LogP contribution in [0, 0.1) is 12.8 Å². The number of benzene rings is 1. The van der Waals surface area contributed by atoms with Crippen LogP contribution in [0.3, 0.4) is 0 Å². The highest BCUT2D eigenvalue weighted by molar-refractivity contribution is 14.0. The molecule has 2 unspecified atom stereocenters. The lowest BCUT2D eigenvalue weighted by atomic mass is 9.89. The summed E-state index contributed by atoms with van der Waals surface area (Å²) in [4.78, 5) is 8.66. The second-order valence-corrected chi connectivity index (χ2v) is 9.22. The van der Waals surface area contributed by atoms with Gasteiger partial charge < -0.3 is 15.4 Å². The average Bonchev–Trinajstić information content (AvgIpc) is 3.24. The van der Waals surface area contributed by atoms with Crippen LogP contribution in [0.15, 0.2) is 45.2 Å². The number of ether oxygens (including phenoxy) is 1. The molecule has 0 bridgehead atoms. The number of nitrogens with zero attached hydrogens (tertiary/aromatic N) is 2. The zero-order valence-corrected chi connectivity index (χ0v) is 21.1. The fourth-order valence-electron chi connectivity index (χ4n) is 3.35. The van der Waals surface area contributed by atoms with Crippen molar-refractivity contribution in [3.8, 4) is 0 Å². The summed E-state index contributed by atoms with van der Waals surface area (Å²) in [5.41, 5.74) is 2.56. The minimum atomic E-state index is 0. The summed E-state index contributed by atoms with van der Waals surface area (Å²) in [6, 6.07) is 8.74. The van der Waals surface area contributed by atoms with Crippen molar-refractivity contribution in [1.82, 2.24) is 15.6 Å². The minimum absolute atomic E-state index is 0. The third-order valence-electron chi connectivity index (χ3n) is 4.85. The van der Waals surface area contributed by atoms with Crippen molar-refractivity contribution in [2.24, 2.45) is 10.9 Å². The number of hydrogen-bond acceptors (Lipinski definition) is 5. The molecule has 1 aliphatic heterocycles. The van der Waals surface area contributed by atoms with E-state index in [1.807, 2.05) is 30.4 Å². The van der Waals surface area contributed by atoms with E-state index in [4.69, 9.17) is 4.74 Å². The lowest BCUT2D eigenvalue weighted by Crippen LogP contribution is -2.42. The van der Waals surface area contributed by atoms with Gasteiger partial charge in [0.2, 0.25) is 0 Å². The maximum atomic E-state index is 6.12. The van der Waals surface area contributed by atoms with Crippen LogP contribution in [0.25, 0.3) is 0 Å². The standard InChI is InChI=1S/C21H30N4OS2.HI/c1-16-6-8-17(9-7-16)19-18(5-3-12-26-19)15-25-20(22-2)23-10-4-13-27-21-24-11-14-28-21;/h6-9,11,14,18-19H,3-5,10,12-13,15H2,1-2H3,(H2,22,23,25);1H. The highest BCUT2D eigenvalue weighted by Gasteiger charge is 2.27. The van der Waals surface area contributed by atoms with E-state index in [0.717, 1.165) is 48.6 Å². The summed E-state index contributed by atoms with van der Waals surface area (Å²) in [6.07, 6.45) is 5.38. The number of aryl methyl sites for hydroxylation is 1. The van der Waals surface area contributed by atoms with E-state index < -0.39 is 0 Å².